The number of hydrogen-bond donors (Lipinski definition) is 3. The van der Waals surface area contributed by atoms with Crippen LogP contribution in [0.2, 0.25) is 0 Å². The standard InChI is InChI=1S/C17H27NO3/c1-2-13-5-3-7-16(9-13)21-12-15(20)10-18-17-8-4-6-14(17)11-19/h3,5,7,9,14-15,17-20H,2,4,6,8,10-12H2,1H3. The second kappa shape index (κ2) is 8.37. The molecule has 21 heavy (non-hydrogen) atoms. The molecular formula is C17H27NO3. The topological polar surface area (TPSA) is 61.7 Å². The summed E-state index contributed by atoms with van der Waals surface area (Å²) < 4.78 is 5.64. The van der Waals surface area contributed by atoms with Gasteiger partial charge in [-0.25, -0.2) is 0 Å². The molecule has 0 radical (unpaired) electrons. The fourth-order valence-electron chi connectivity index (χ4n) is 2.92. The smallest absolute Gasteiger partial charge is 0.119 e. The summed E-state index contributed by atoms with van der Waals surface area (Å²) in [7, 11) is 0. The second-order valence-electron chi connectivity index (χ2n) is 5.85. The molecule has 1 aromatic rings. The molecule has 0 bridgehead atoms. The number of benzene rings is 1. The minimum atomic E-state index is -0.532. The third-order valence-corrected chi connectivity index (χ3v) is 4.26. The molecule has 2 rings (SSSR count). The van der Waals surface area contributed by atoms with Gasteiger partial charge in [0.15, 0.2) is 0 Å². The normalized spacial score (nSPS) is 23.2. The molecule has 3 unspecified atom stereocenters. The van der Waals surface area contributed by atoms with Crippen molar-refractivity contribution in [2.24, 2.45) is 5.92 Å². The Kier molecular flexibility index (Phi) is 6.49. The highest BCUT2D eigenvalue weighted by Gasteiger charge is 2.26. The van der Waals surface area contributed by atoms with Crippen LogP contribution in [-0.2, 0) is 6.42 Å². The highest BCUT2D eigenvalue weighted by Crippen LogP contribution is 2.24. The zero-order valence-corrected chi connectivity index (χ0v) is 12.8. The van der Waals surface area contributed by atoms with Crippen molar-refractivity contribution in [2.75, 3.05) is 19.8 Å². The number of aryl methyl sites for hydroxylation is 1. The Labute approximate surface area is 127 Å². The Bertz CT molecular complexity index is 424. The van der Waals surface area contributed by atoms with Gasteiger partial charge in [0.05, 0.1) is 0 Å². The molecule has 1 aliphatic carbocycles. The van der Waals surface area contributed by atoms with Crippen molar-refractivity contribution in [3.63, 3.8) is 0 Å². The van der Waals surface area contributed by atoms with Gasteiger partial charge in [-0.2, -0.15) is 0 Å². The van der Waals surface area contributed by atoms with Crippen LogP contribution in [0, 0.1) is 5.92 Å². The van der Waals surface area contributed by atoms with Crippen LogP contribution >= 0.6 is 0 Å². The van der Waals surface area contributed by atoms with Gasteiger partial charge in [-0.1, -0.05) is 25.5 Å². The quantitative estimate of drug-likeness (QED) is 0.683. The first-order chi connectivity index (χ1) is 10.2. The van der Waals surface area contributed by atoms with E-state index < -0.39 is 6.10 Å². The van der Waals surface area contributed by atoms with E-state index >= 15 is 0 Å². The number of ether oxygens (including phenoxy) is 1. The largest absolute Gasteiger partial charge is 0.491 e. The molecule has 0 aliphatic heterocycles. The number of rotatable bonds is 8. The highest BCUT2D eigenvalue weighted by atomic mass is 16.5. The Balaban J connectivity index is 1.70. The molecule has 0 amide bonds. The first-order valence-electron chi connectivity index (χ1n) is 7.97. The lowest BCUT2D eigenvalue weighted by atomic mass is 10.1. The number of nitrogens with one attached hydrogen (secondary N) is 1. The maximum atomic E-state index is 10.0. The lowest BCUT2D eigenvalue weighted by Crippen LogP contribution is -2.40. The summed E-state index contributed by atoms with van der Waals surface area (Å²) in [6.45, 7) is 3.14. The van der Waals surface area contributed by atoms with E-state index in [0.717, 1.165) is 31.4 Å². The van der Waals surface area contributed by atoms with E-state index in [2.05, 4.69) is 18.3 Å². The summed E-state index contributed by atoms with van der Waals surface area (Å²) in [5.41, 5.74) is 1.23. The zero-order chi connectivity index (χ0) is 15.1. The van der Waals surface area contributed by atoms with Crippen LogP contribution in [0.15, 0.2) is 24.3 Å². The van der Waals surface area contributed by atoms with E-state index in [1.54, 1.807) is 0 Å². The number of aliphatic hydroxyl groups is 2. The molecule has 3 atom stereocenters. The molecule has 1 aliphatic rings. The van der Waals surface area contributed by atoms with Crippen LogP contribution in [0.4, 0.5) is 0 Å². The molecule has 0 aromatic heterocycles. The lowest BCUT2D eigenvalue weighted by Gasteiger charge is -2.21. The third-order valence-electron chi connectivity index (χ3n) is 4.26. The van der Waals surface area contributed by atoms with E-state index in [4.69, 9.17) is 4.74 Å². The Morgan fingerprint density at radius 2 is 2.24 bits per heavy atom. The molecule has 4 heteroatoms. The maximum Gasteiger partial charge on any atom is 0.119 e. The van der Waals surface area contributed by atoms with Crippen molar-refractivity contribution in [2.45, 2.75) is 44.8 Å². The van der Waals surface area contributed by atoms with Gasteiger partial charge in [-0.05, 0) is 42.9 Å². The van der Waals surface area contributed by atoms with E-state index in [1.807, 2.05) is 18.2 Å². The van der Waals surface area contributed by atoms with E-state index in [1.165, 1.54) is 5.56 Å². The van der Waals surface area contributed by atoms with Gasteiger partial charge in [0, 0.05) is 19.2 Å². The predicted molar refractivity (Wildman–Crippen MR) is 83.5 cm³/mol. The summed E-state index contributed by atoms with van der Waals surface area (Å²) >= 11 is 0. The minimum Gasteiger partial charge on any atom is -0.491 e. The zero-order valence-electron chi connectivity index (χ0n) is 12.8. The molecule has 0 spiro atoms. The van der Waals surface area contributed by atoms with Gasteiger partial charge >= 0.3 is 0 Å². The van der Waals surface area contributed by atoms with E-state index in [0.29, 0.717) is 18.5 Å². The molecule has 1 saturated carbocycles. The molecule has 3 N–H and O–H groups in total. The first-order valence-corrected chi connectivity index (χ1v) is 7.97. The van der Waals surface area contributed by atoms with Gasteiger partial charge in [-0.15, -0.1) is 0 Å². The van der Waals surface area contributed by atoms with Crippen molar-refractivity contribution in [1.82, 2.24) is 5.32 Å². The third kappa shape index (κ3) is 4.99. The average molecular weight is 293 g/mol. The molecule has 4 nitrogen and oxygen atoms in total. The van der Waals surface area contributed by atoms with Crippen LogP contribution < -0.4 is 10.1 Å². The average Bonchev–Trinajstić information content (AvgIpc) is 2.98. The van der Waals surface area contributed by atoms with Crippen LogP contribution in [-0.4, -0.2) is 42.1 Å². The monoisotopic (exact) mass is 293 g/mol. The van der Waals surface area contributed by atoms with Gasteiger partial charge in [0.25, 0.3) is 0 Å². The maximum absolute atomic E-state index is 10.0. The summed E-state index contributed by atoms with van der Waals surface area (Å²) in [5, 5.41) is 22.6. The van der Waals surface area contributed by atoms with Gasteiger partial charge in [-0.3, -0.25) is 0 Å². The Morgan fingerprint density at radius 3 is 3.00 bits per heavy atom. The highest BCUT2D eigenvalue weighted by molar-refractivity contribution is 5.28. The van der Waals surface area contributed by atoms with E-state index in [9.17, 15) is 10.2 Å². The van der Waals surface area contributed by atoms with Crippen LogP contribution in [0.5, 0.6) is 5.75 Å². The number of aliphatic hydroxyl groups excluding tert-OH is 2. The Morgan fingerprint density at radius 1 is 1.38 bits per heavy atom. The van der Waals surface area contributed by atoms with Crippen LogP contribution in [0.1, 0.15) is 31.7 Å². The molecule has 1 aromatic carbocycles. The molecule has 118 valence electrons. The van der Waals surface area contributed by atoms with Gasteiger partial charge in [0.1, 0.15) is 18.5 Å². The molecule has 0 heterocycles. The van der Waals surface area contributed by atoms with Crippen LogP contribution in [0.3, 0.4) is 0 Å². The summed E-state index contributed by atoms with van der Waals surface area (Å²) in [6, 6.07) is 8.30. The van der Waals surface area contributed by atoms with Crippen molar-refractivity contribution >= 4 is 0 Å². The van der Waals surface area contributed by atoms with Crippen molar-refractivity contribution in [3.8, 4) is 5.75 Å². The lowest BCUT2D eigenvalue weighted by molar-refractivity contribution is 0.0992. The minimum absolute atomic E-state index is 0.230. The predicted octanol–water partition coefficient (Wildman–Crippen LogP) is 1.74. The molecule has 0 saturated heterocycles. The van der Waals surface area contributed by atoms with Crippen molar-refractivity contribution in [1.29, 1.82) is 0 Å². The molecule has 1 fully saturated rings. The summed E-state index contributed by atoms with van der Waals surface area (Å²) in [5.74, 6) is 1.14. The first kappa shape index (κ1) is 16.3. The van der Waals surface area contributed by atoms with E-state index in [-0.39, 0.29) is 13.2 Å². The second-order valence-corrected chi connectivity index (χ2v) is 5.85. The van der Waals surface area contributed by atoms with Crippen molar-refractivity contribution in [3.05, 3.63) is 29.8 Å². The summed E-state index contributed by atoms with van der Waals surface area (Å²) in [6.07, 6.45) is 3.75. The molecular weight excluding hydrogens is 266 g/mol. The summed E-state index contributed by atoms with van der Waals surface area (Å²) in [4.78, 5) is 0. The SMILES string of the molecule is CCc1cccc(OCC(O)CNC2CCCC2CO)c1. The fourth-order valence-corrected chi connectivity index (χ4v) is 2.92. The Hall–Kier alpha value is -1.10. The van der Waals surface area contributed by atoms with Crippen molar-refractivity contribution < 1.29 is 14.9 Å². The fraction of sp³-hybridized carbons (Fsp3) is 0.647. The van der Waals surface area contributed by atoms with Gasteiger partial charge < -0.3 is 20.3 Å². The number of hydrogen-bond acceptors (Lipinski definition) is 4. The van der Waals surface area contributed by atoms with Gasteiger partial charge in [0.2, 0.25) is 0 Å². The van der Waals surface area contributed by atoms with Crippen LogP contribution in [0.25, 0.3) is 0 Å².